The van der Waals surface area contributed by atoms with E-state index in [4.69, 9.17) is 0 Å². The molecule has 0 aromatic heterocycles. The Morgan fingerprint density at radius 3 is 2.45 bits per heavy atom. The smallest absolute Gasteiger partial charge is 0.246 e. The summed E-state index contributed by atoms with van der Waals surface area (Å²) in [5.41, 5.74) is 1.38. The number of carbonyl (C=O) groups is 4. The van der Waals surface area contributed by atoms with E-state index in [0.717, 1.165) is 48.9 Å². The monoisotopic (exact) mass is 521 g/mol. The van der Waals surface area contributed by atoms with Gasteiger partial charge in [0.25, 0.3) is 0 Å². The van der Waals surface area contributed by atoms with Crippen molar-refractivity contribution in [2.24, 2.45) is 5.41 Å². The molecule has 0 aliphatic carbocycles. The van der Waals surface area contributed by atoms with Crippen molar-refractivity contribution in [3.63, 3.8) is 0 Å². The van der Waals surface area contributed by atoms with E-state index in [1.807, 2.05) is 39.0 Å². The van der Waals surface area contributed by atoms with Gasteiger partial charge in [-0.2, -0.15) is 5.26 Å². The van der Waals surface area contributed by atoms with Crippen molar-refractivity contribution in [3.8, 4) is 6.07 Å². The van der Waals surface area contributed by atoms with E-state index in [0.29, 0.717) is 12.8 Å². The molecule has 4 rings (SSSR count). The normalized spacial score (nSPS) is 28.9. The first-order chi connectivity index (χ1) is 17.9. The van der Waals surface area contributed by atoms with Crippen LogP contribution in [0, 0.1) is 16.7 Å². The lowest BCUT2D eigenvalue weighted by atomic mass is 9.79. The molecule has 1 spiro atoms. The van der Waals surface area contributed by atoms with Crippen LogP contribution in [0.2, 0.25) is 0 Å². The summed E-state index contributed by atoms with van der Waals surface area (Å²) in [5.74, 6) is -1.22. The maximum absolute atomic E-state index is 14.0. The molecule has 4 atom stereocenters. The highest BCUT2D eigenvalue weighted by Crippen LogP contribution is 2.47. The highest BCUT2D eigenvalue weighted by atomic mass is 16.2. The Morgan fingerprint density at radius 2 is 1.76 bits per heavy atom. The summed E-state index contributed by atoms with van der Waals surface area (Å²) >= 11 is 0. The van der Waals surface area contributed by atoms with Gasteiger partial charge in [0.1, 0.15) is 18.1 Å². The van der Waals surface area contributed by atoms with Gasteiger partial charge in [-0.05, 0) is 55.2 Å². The first kappa shape index (κ1) is 27.6. The highest BCUT2D eigenvalue weighted by Gasteiger charge is 2.56. The fourth-order valence-corrected chi connectivity index (χ4v) is 5.89. The minimum absolute atomic E-state index is 0.0785. The largest absolute Gasteiger partial charge is 0.345 e. The molecule has 4 bridgehead atoms. The quantitative estimate of drug-likeness (QED) is 0.523. The van der Waals surface area contributed by atoms with Crippen LogP contribution in [0.25, 0.3) is 0 Å². The zero-order valence-electron chi connectivity index (χ0n) is 22.9. The lowest BCUT2D eigenvalue weighted by Crippen LogP contribution is -2.55. The Kier molecular flexibility index (Phi) is 7.82. The van der Waals surface area contributed by atoms with Crippen LogP contribution in [0.3, 0.4) is 0 Å². The number of nitrogens with zero attached hydrogens (tertiary/aromatic N) is 2. The van der Waals surface area contributed by atoms with Gasteiger partial charge in [0.2, 0.25) is 23.6 Å². The van der Waals surface area contributed by atoms with Crippen molar-refractivity contribution >= 4 is 29.3 Å². The van der Waals surface area contributed by atoms with E-state index in [9.17, 15) is 24.4 Å². The van der Waals surface area contributed by atoms with Crippen LogP contribution in [-0.4, -0.2) is 53.2 Å². The summed E-state index contributed by atoms with van der Waals surface area (Å²) in [6.07, 6.45) is 5.30. The predicted molar refractivity (Wildman–Crippen MR) is 143 cm³/mol. The topological polar surface area (TPSA) is 131 Å². The standard InChI is InChI=1S/C29H39N5O4/c1-18-25(36)32-23(15-28(2,3)4)26(37)34-17-29(14-20(34)16-30)21-13-19(11-12-22(21)33-27(29)38)9-7-5-6-8-10-24(35)31-18/h11-13,18,20,23H,5-10,14-15,17H2,1-4H3,(H,31,35)(H,32,36)(H,33,38)/t18-,20-,23-,29-/m0/s1. The molecule has 3 aliphatic heterocycles. The Morgan fingerprint density at radius 1 is 1.05 bits per heavy atom. The van der Waals surface area contributed by atoms with Crippen LogP contribution in [0.5, 0.6) is 0 Å². The van der Waals surface area contributed by atoms with Gasteiger partial charge < -0.3 is 20.9 Å². The third-order valence-corrected chi connectivity index (χ3v) is 7.89. The lowest BCUT2D eigenvalue weighted by molar-refractivity contribution is -0.138. The number of anilines is 1. The molecular formula is C29H39N5O4. The van der Waals surface area contributed by atoms with Crippen molar-refractivity contribution in [1.29, 1.82) is 5.26 Å². The first-order valence-corrected chi connectivity index (χ1v) is 13.7. The van der Waals surface area contributed by atoms with Crippen molar-refractivity contribution in [3.05, 3.63) is 29.3 Å². The molecule has 9 nitrogen and oxygen atoms in total. The van der Waals surface area contributed by atoms with E-state index < -0.39 is 29.4 Å². The van der Waals surface area contributed by atoms with Crippen LogP contribution < -0.4 is 16.0 Å². The summed E-state index contributed by atoms with van der Waals surface area (Å²) in [4.78, 5) is 54.3. The van der Waals surface area contributed by atoms with Crippen LogP contribution in [0.1, 0.15) is 83.8 Å². The molecule has 3 aliphatic rings. The fraction of sp³-hybridized carbons (Fsp3) is 0.621. The Bertz CT molecular complexity index is 1170. The summed E-state index contributed by atoms with van der Waals surface area (Å²) in [5, 5.41) is 18.6. The van der Waals surface area contributed by atoms with Crippen molar-refractivity contribution in [1.82, 2.24) is 15.5 Å². The second-order valence-corrected chi connectivity index (χ2v) is 12.3. The molecular weight excluding hydrogens is 482 g/mol. The number of nitriles is 1. The Hall–Kier alpha value is -3.41. The van der Waals surface area contributed by atoms with E-state index in [1.54, 1.807) is 6.92 Å². The van der Waals surface area contributed by atoms with Gasteiger partial charge in [-0.15, -0.1) is 0 Å². The molecule has 0 saturated carbocycles. The van der Waals surface area contributed by atoms with E-state index in [2.05, 4.69) is 22.0 Å². The minimum atomic E-state index is -0.998. The molecule has 1 aromatic carbocycles. The number of rotatable bonds is 1. The molecule has 38 heavy (non-hydrogen) atoms. The number of hydrogen-bond acceptors (Lipinski definition) is 5. The molecule has 204 valence electrons. The third-order valence-electron chi connectivity index (χ3n) is 7.89. The molecule has 4 amide bonds. The van der Waals surface area contributed by atoms with Gasteiger partial charge in [0.05, 0.1) is 11.5 Å². The van der Waals surface area contributed by atoms with E-state index in [1.165, 1.54) is 4.90 Å². The van der Waals surface area contributed by atoms with Gasteiger partial charge in [-0.25, -0.2) is 0 Å². The second-order valence-electron chi connectivity index (χ2n) is 12.3. The van der Waals surface area contributed by atoms with Crippen LogP contribution in [0.15, 0.2) is 18.2 Å². The number of fused-ring (bicyclic) bond motifs is 2. The summed E-state index contributed by atoms with van der Waals surface area (Å²) in [6.45, 7) is 7.61. The minimum Gasteiger partial charge on any atom is -0.345 e. The van der Waals surface area contributed by atoms with Crippen LogP contribution in [0.4, 0.5) is 5.69 Å². The SMILES string of the molecule is C[C@@H]1NC(=O)CCCCCCc2ccc3c(c2)[C@@]2(C[C@@H](C#N)N(C2)C(=O)[C@H](CC(C)(C)C)NC1=O)C(=O)N3. The third kappa shape index (κ3) is 5.69. The van der Waals surface area contributed by atoms with Gasteiger partial charge in [-0.1, -0.05) is 45.7 Å². The number of hydrogen-bond donors (Lipinski definition) is 3. The maximum Gasteiger partial charge on any atom is 0.246 e. The predicted octanol–water partition coefficient (Wildman–Crippen LogP) is 2.93. The van der Waals surface area contributed by atoms with Gasteiger partial charge in [-0.3, -0.25) is 19.2 Å². The van der Waals surface area contributed by atoms with Crippen molar-refractivity contribution in [2.45, 2.75) is 103 Å². The average Bonchev–Trinajstić information content (AvgIpc) is 3.37. The fourth-order valence-electron chi connectivity index (χ4n) is 5.89. The Labute approximate surface area is 224 Å². The zero-order chi connectivity index (χ0) is 27.7. The summed E-state index contributed by atoms with van der Waals surface area (Å²) < 4.78 is 0. The molecule has 1 saturated heterocycles. The van der Waals surface area contributed by atoms with Crippen molar-refractivity contribution in [2.75, 3.05) is 11.9 Å². The highest BCUT2D eigenvalue weighted by molar-refractivity contribution is 6.07. The lowest BCUT2D eigenvalue weighted by Gasteiger charge is -2.31. The molecule has 1 aromatic rings. The average molecular weight is 522 g/mol. The van der Waals surface area contributed by atoms with Crippen LogP contribution >= 0.6 is 0 Å². The number of carbonyl (C=O) groups excluding carboxylic acids is 4. The Balaban J connectivity index is 1.71. The molecule has 3 N–H and O–H groups in total. The van der Waals surface area contributed by atoms with Crippen molar-refractivity contribution < 1.29 is 19.2 Å². The molecule has 3 heterocycles. The number of amides is 4. The molecule has 1 fully saturated rings. The van der Waals surface area contributed by atoms with E-state index >= 15 is 0 Å². The van der Waals surface area contributed by atoms with Gasteiger partial charge >= 0.3 is 0 Å². The molecule has 9 heteroatoms. The zero-order valence-corrected chi connectivity index (χ0v) is 22.9. The second kappa shape index (κ2) is 10.8. The summed E-state index contributed by atoms with van der Waals surface area (Å²) in [6, 6.07) is 5.72. The van der Waals surface area contributed by atoms with Gasteiger partial charge in [0.15, 0.2) is 0 Å². The molecule has 0 radical (unpaired) electrons. The summed E-state index contributed by atoms with van der Waals surface area (Å²) in [7, 11) is 0. The van der Waals surface area contributed by atoms with Crippen LogP contribution in [-0.2, 0) is 31.0 Å². The van der Waals surface area contributed by atoms with E-state index in [-0.39, 0.29) is 36.1 Å². The maximum atomic E-state index is 14.0. The number of benzene rings is 1. The van der Waals surface area contributed by atoms with Gasteiger partial charge in [0, 0.05) is 25.1 Å². The number of aryl methyl sites for hydroxylation is 1. The number of nitrogens with one attached hydrogen (secondary N) is 3. The molecule has 0 unspecified atom stereocenters. The first-order valence-electron chi connectivity index (χ1n) is 13.7.